The Morgan fingerprint density at radius 2 is 1.75 bits per heavy atom. The third-order valence-electron chi connectivity index (χ3n) is 3.12. The second-order valence-corrected chi connectivity index (χ2v) is 4.39. The van der Waals surface area contributed by atoms with E-state index in [2.05, 4.69) is 0 Å². The van der Waals surface area contributed by atoms with Gasteiger partial charge in [0.25, 0.3) is 0 Å². The van der Waals surface area contributed by atoms with E-state index < -0.39 is 5.97 Å². The van der Waals surface area contributed by atoms with Gasteiger partial charge in [-0.3, -0.25) is 0 Å². The highest BCUT2D eigenvalue weighted by Gasteiger charge is 2.22. The van der Waals surface area contributed by atoms with Gasteiger partial charge in [0.05, 0.1) is 6.61 Å². The molecule has 0 aliphatic rings. The first-order valence-electron chi connectivity index (χ1n) is 6.55. The average molecular weight is 266 g/mol. The first-order chi connectivity index (χ1) is 9.81. The van der Waals surface area contributed by atoms with Gasteiger partial charge in [-0.2, -0.15) is 0 Å². The highest BCUT2D eigenvalue weighted by atomic mass is 16.5. The van der Waals surface area contributed by atoms with Gasteiger partial charge < -0.3 is 9.15 Å². The Hall–Kier alpha value is -2.55. The molecule has 1 aromatic heterocycles. The smallest absolute Gasteiger partial charge is 0.374 e. The Labute approximate surface area is 116 Å². The number of furan rings is 1. The molecule has 0 saturated carbocycles. The monoisotopic (exact) mass is 266 g/mol. The van der Waals surface area contributed by atoms with Crippen molar-refractivity contribution >= 4 is 16.9 Å². The van der Waals surface area contributed by atoms with Crippen LogP contribution >= 0.6 is 0 Å². The number of carbonyl (C=O) groups excluding carboxylic acids is 1. The molecule has 0 spiro atoms. The van der Waals surface area contributed by atoms with Crippen molar-refractivity contribution in [3.05, 3.63) is 60.4 Å². The number of para-hydroxylation sites is 1. The molecular weight excluding hydrogens is 252 g/mol. The van der Waals surface area contributed by atoms with Crippen LogP contribution in [-0.2, 0) is 4.74 Å². The van der Waals surface area contributed by atoms with Gasteiger partial charge >= 0.3 is 5.97 Å². The highest BCUT2D eigenvalue weighted by Crippen LogP contribution is 2.35. The lowest BCUT2D eigenvalue weighted by Crippen LogP contribution is -2.04. The van der Waals surface area contributed by atoms with Crippen LogP contribution in [0.25, 0.3) is 22.1 Å². The zero-order valence-corrected chi connectivity index (χ0v) is 11.1. The summed E-state index contributed by atoms with van der Waals surface area (Å²) in [5.41, 5.74) is 2.43. The van der Waals surface area contributed by atoms with Crippen molar-refractivity contribution in [2.75, 3.05) is 6.61 Å². The molecule has 2 aromatic carbocycles. The lowest BCUT2D eigenvalue weighted by atomic mass is 10.0. The number of carbonyl (C=O) groups is 1. The third-order valence-corrected chi connectivity index (χ3v) is 3.12. The molecule has 0 aliphatic carbocycles. The summed E-state index contributed by atoms with van der Waals surface area (Å²) >= 11 is 0. The second kappa shape index (κ2) is 5.21. The van der Waals surface area contributed by atoms with Gasteiger partial charge in [-0.25, -0.2) is 4.79 Å². The van der Waals surface area contributed by atoms with Crippen LogP contribution in [0, 0.1) is 0 Å². The second-order valence-electron chi connectivity index (χ2n) is 4.39. The summed E-state index contributed by atoms with van der Waals surface area (Å²) in [6.07, 6.45) is 0. The molecule has 0 radical (unpaired) electrons. The van der Waals surface area contributed by atoms with Crippen molar-refractivity contribution in [3.63, 3.8) is 0 Å². The summed E-state index contributed by atoms with van der Waals surface area (Å²) in [5.74, 6) is -0.165. The van der Waals surface area contributed by atoms with Crippen LogP contribution in [0.2, 0.25) is 0 Å². The van der Waals surface area contributed by atoms with Crippen molar-refractivity contribution in [2.45, 2.75) is 6.92 Å². The van der Waals surface area contributed by atoms with E-state index in [9.17, 15) is 4.79 Å². The van der Waals surface area contributed by atoms with Crippen molar-refractivity contribution in [3.8, 4) is 11.1 Å². The fourth-order valence-corrected chi connectivity index (χ4v) is 2.28. The number of benzene rings is 2. The zero-order valence-electron chi connectivity index (χ0n) is 11.1. The van der Waals surface area contributed by atoms with E-state index in [1.54, 1.807) is 6.92 Å². The Balaban J connectivity index is 2.26. The summed E-state index contributed by atoms with van der Waals surface area (Å²) in [4.78, 5) is 12.1. The molecule has 0 bridgehead atoms. The molecule has 100 valence electrons. The van der Waals surface area contributed by atoms with Gasteiger partial charge in [0.2, 0.25) is 5.76 Å². The molecule has 3 rings (SSSR count). The number of rotatable bonds is 3. The van der Waals surface area contributed by atoms with Crippen LogP contribution < -0.4 is 0 Å². The van der Waals surface area contributed by atoms with Crippen LogP contribution in [0.4, 0.5) is 0 Å². The SMILES string of the molecule is CCOC(=O)c1oc2ccccc2c1-c1ccccc1. The molecule has 0 atom stereocenters. The molecule has 0 unspecified atom stereocenters. The first kappa shape index (κ1) is 12.5. The van der Waals surface area contributed by atoms with E-state index in [4.69, 9.17) is 9.15 Å². The van der Waals surface area contributed by atoms with Crippen LogP contribution in [0.5, 0.6) is 0 Å². The van der Waals surface area contributed by atoms with E-state index in [1.165, 1.54) is 0 Å². The van der Waals surface area contributed by atoms with Gasteiger partial charge in [-0.1, -0.05) is 48.5 Å². The maximum absolute atomic E-state index is 12.1. The van der Waals surface area contributed by atoms with Crippen LogP contribution in [0.1, 0.15) is 17.5 Å². The normalized spacial score (nSPS) is 10.7. The Kier molecular flexibility index (Phi) is 3.25. The lowest BCUT2D eigenvalue weighted by molar-refractivity contribution is 0.0494. The van der Waals surface area contributed by atoms with Crippen molar-refractivity contribution in [2.24, 2.45) is 0 Å². The minimum Gasteiger partial charge on any atom is -0.460 e. The fraction of sp³-hybridized carbons (Fsp3) is 0.118. The Morgan fingerprint density at radius 1 is 1.05 bits per heavy atom. The summed E-state index contributed by atoms with van der Waals surface area (Å²) in [6, 6.07) is 17.3. The average Bonchev–Trinajstić information content (AvgIpc) is 2.88. The van der Waals surface area contributed by atoms with Gasteiger partial charge in [0, 0.05) is 10.9 Å². The van der Waals surface area contributed by atoms with Crippen LogP contribution in [0.15, 0.2) is 59.0 Å². The molecule has 0 aliphatic heterocycles. The predicted molar refractivity (Wildman–Crippen MR) is 77.6 cm³/mol. The summed E-state index contributed by atoms with van der Waals surface area (Å²) in [6.45, 7) is 2.10. The van der Waals surface area contributed by atoms with Gasteiger partial charge in [0.15, 0.2) is 0 Å². The molecule has 0 saturated heterocycles. The minimum absolute atomic E-state index is 0.263. The van der Waals surface area contributed by atoms with Gasteiger partial charge in [-0.15, -0.1) is 0 Å². The molecule has 0 amide bonds. The van der Waals surface area contributed by atoms with Crippen molar-refractivity contribution < 1.29 is 13.9 Å². The zero-order chi connectivity index (χ0) is 13.9. The van der Waals surface area contributed by atoms with E-state index in [0.717, 1.165) is 16.5 Å². The number of hydrogen-bond acceptors (Lipinski definition) is 3. The molecular formula is C17H14O3. The van der Waals surface area contributed by atoms with Gasteiger partial charge in [0.1, 0.15) is 5.58 Å². The molecule has 3 heteroatoms. The number of esters is 1. The fourth-order valence-electron chi connectivity index (χ4n) is 2.28. The lowest BCUT2D eigenvalue weighted by Gasteiger charge is -2.03. The number of fused-ring (bicyclic) bond motifs is 1. The predicted octanol–water partition coefficient (Wildman–Crippen LogP) is 4.28. The summed E-state index contributed by atoms with van der Waals surface area (Å²) in [7, 11) is 0. The molecule has 3 aromatic rings. The standard InChI is InChI=1S/C17H14O3/c1-2-19-17(18)16-15(12-8-4-3-5-9-12)13-10-6-7-11-14(13)20-16/h3-11H,2H2,1H3. The molecule has 1 heterocycles. The van der Waals surface area contributed by atoms with Gasteiger partial charge in [-0.05, 0) is 18.6 Å². The van der Waals surface area contributed by atoms with E-state index >= 15 is 0 Å². The maximum atomic E-state index is 12.1. The Bertz CT molecular complexity index is 741. The van der Waals surface area contributed by atoms with Crippen molar-refractivity contribution in [1.82, 2.24) is 0 Å². The van der Waals surface area contributed by atoms with Crippen molar-refractivity contribution in [1.29, 1.82) is 0 Å². The number of ether oxygens (including phenoxy) is 1. The minimum atomic E-state index is -0.428. The summed E-state index contributed by atoms with van der Waals surface area (Å²) < 4.78 is 10.8. The Morgan fingerprint density at radius 3 is 2.50 bits per heavy atom. The maximum Gasteiger partial charge on any atom is 0.374 e. The van der Waals surface area contributed by atoms with E-state index in [-0.39, 0.29) is 5.76 Å². The first-order valence-corrected chi connectivity index (χ1v) is 6.55. The highest BCUT2D eigenvalue weighted by molar-refractivity contribution is 6.06. The molecule has 0 N–H and O–H groups in total. The molecule has 0 fully saturated rings. The van der Waals surface area contributed by atoms with E-state index in [0.29, 0.717) is 12.2 Å². The number of hydrogen-bond donors (Lipinski definition) is 0. The summed E-state index contributed by atoms with van der Waals surface area (Å²) in [5, 5.41) is 0.918. The van der Waals surface area contributed by atoms with Crippen LogP contribution in [-0.4, -0.2) is 12.6 Å². The largest absolute Gasteiger partial charge is 0.460 e. The van der Waals surface area contributed by atoms with Crippen LogP contribution in [0.3, 0.4) is 0 Å². The topological polar surface area (TPSA) is 39.4 Å². The molecule has 20 heavy (non-hydrogen) atoms. The third kappa shape index (κ3) is 2.07. The molecule has 3 nitrogen and oxygen atoms in total. The van der Waals surface area contributed by atoms with E-state index in [1.807, 2.05) is 54.6 Å². The quantitative estimate of drug-likeness (QED) is 0.664.